The quantitative estimate of drug-likeness (QED) is 0.744. The van der Waals surface area contributed by atoms with E-state index in [1.54, 1.807) is 0 Å². The zero-order valence-electron chi connectivity index (χ0n) is 8.07. The predicted molar refractivity (Wildman–Crippen MR) is 49.6 cm³/mol. The van der Waals surface area contributed by atoms with Gasteiger partial charge >= 0.3 is 0 Å². The summed E-state index contributed by atoms with van der Waals surface area (Å²) in [5.41, 5.74) is -0.00222. The molecule has 0 atom stereocenters. The maximum absolute atomic E-state index is 13.0. The highest BCUT2D eigenvalue weighted by atomic mass is 19.2. The SMILES string of the molecule is CC(C)CNc1ccc(F)c(F)c1F. The van der Waals surface area contributed by atoms with Crippen LogP contribution in [0.5, 0.6) is 0 Å². The average molecular weight is 203 g/mol. The van der Waals surface area contributed by atoms with Gasteiger partial charge in [-0.1, -0.05) is 13.8 Å². The molecule has 1 aromatic rings. The molecule has 0 unspecified atom stereocenters. The summed E-state index contributed by atoms with van der Waals surface area (Å²) >= 11 is 0. The normalized spacial score (nSPS) is 10.7. The lowest BCUT2D eigenvalue weighted by atomic mass is 10.2. The Balaban J connectivity index is 2.83. The minimum Gasteiger partial charge on any atom is -0.382 e. The lowest BCUT2D eigenvalue weighted by Gasteiger charge is -2.10. The van der Waals surface area contributed by atoms with Crippen molar-refractivity contribution in [2.75, 3.05) is 11.9 Å². The highest BCUT2D eigenvalue weighted by Gasteiger charge is 2.12. The Morgan fingerprint density at radius 3 is 2.36 bits per heavy atom. The monoisotopic (exact) mass is 203 g/mol. The van der Waals surface area contributed by atoms with E-state index < -0.39 is 17.5 Å². The van der Waals surface area contributed by atoms with E-state index >= 15 is 0 Å². The summed E-state index contributed by atoms with van der Waals surface area (Å²) in [6.45, 7) is 4.39. The van der Waals surface area contributed by atoms with Crippen molar-refractivity contribution in [3.8, 4) is 0 Å². The van der Waals surface area contributed by atoms with Crippen molar-refractivity contribution < 1.29 is 13.2 Å². The van der Waals surface area contributed by atoms with Crippen molar-refractivity contribution in [3.63, 3.8) is 0 Å². The van der Waals surface area contributed by atoms with Crippen molar-refractivity contribution in [3.05, 3.63) is 29.6 Å². The van der Waals surface area contributed by atoms with E-state index in [0.717, 1.165) is 6.07 Å². The van der Waals surface area contributed by atoms with E-state index in [0.29, 0.717) is 12.5 Å². The van der Waals surface area contributed by atoms with E-state index in [1.165, 1.54) is 6.07 Å². The lowest BCUT2D eigenvalue weighted by molar-refractivity contribution is 0.448. The van der Waals surface area contributed by atoms with Gasteiger partial charge in [-0.2, -0.15) is 0 Å². The first-order valence-electron chi connectivity index (χ1n) is 4.39. The lowest BCUT2D eigenvalue weighted by Crippen LogP contribution is -2.10. The number of rotatable bonds is 3. The van der Waals surface area contributed by atoms with E-state index in [2.05, 4.69) is 5.32 Å². The molecule has 0 bridgehead atoms. The molecule has 1 N–H and O–H groups in total. The van der Waals surface area contributed by atoms with Gasteiger partial charge < -0.3 is 5.32 Å². The van der Waals surface area contributed by atoms with Gasteiger partial charge in [0.25, 0.3) is 0 Å². The van der Waals surface area contributed by atoms with Crippen LogP contribution in [0.25, 0.3) is 0 Å². The Morgan fingerprint density at radius 2 is 1.79 bits per heavy atom. The van der Waals surface area contributed by atoms with Crippen LogP contribution >= 0.6 is 0 Å². The van der Waals surface area contributed by atoms with E-state index in [9.17, 15) is 13.2 Å². The van der Waals surface area contributed by atoms with Crippen LogP contribution < -0.4 is 5.32 Å². The van der Waals surface area contributed by atoms with Gasteiger partial charge in [0.2, 0.25) is 0 Å². The second-order valence-corrected chi connectivity index (χ2v) is 3.50. The molecule has 1 rings (SSSR count). The van der Waals surface area contributed by atoms with Crippen LogP contribution in [0.2, 0.25) is 0 Å². The number of anilines is 1. The first-order chi connectivity index (χ1) is 6.52. The molecule has 0 saturated heterocycles. The highest BCUT2D eigenvalue weighted by molar-refractivity contribution is 5.45. The molecule has 0 fully saturated rings. The van der Waals surface area contributed by atoms with Crippen LogP contribution in [0.15, 0.2) is 12.1 Å². The molecular formula is C10H12F3N. The van der Waals surface area contributed by atoms with Crippen LogP contribution in [0.1, 0.15) is 13.8 Å². The molecule has 1 nitrogen and oxygen atoms in total. The van der Waals surface area contributed by atoms with Crippen LogP contribution in [-0.2, 0) is 0 Å². The number of hydrogen-bond donors (Lipinski definition) is 1. The summed E-state index contributed by atoms with van der Waals surface area (Å²) in [5.74, 6) is -3.45. The highest BCUT2D eigenvalue weighted by Crippen LogP contribution is 2.19. The number of benzene rings is 1. The second-order valence-electron chi connectivity index (χ2n) is 3.50. The van der Waals surface area contributed by atoms with Gasteiger partial charge in [0.05, 0.1) is 5.69 Å². The summed E-state index contributed by atoms with van der Waals surface area (Å²) in [5, 5.41) is 2.70. The van der Waals surface area contributed by atoms with Gasteiger partial charge in [0.15, 0.2) is 17.5 Å². The van der Waals surface area contributed by atoms with Crippen LogP contribution in [0.4, 0.5) is 18.9 Å². The third-order valence-electron chi connectivity index (χ3n) is 1.74. The fourth-order valence-corrected chi connectivity index (χ4v) is 0.977. The maximum Gasteiger partial charge on any atom is 0.196 e. The van der Waals surface area contributed by atoms with Gasteiger partial charge in [-0.25, -0.2) is 13.2 Å². The largest absolute Gasteiger partial charge is 0.382 e. The zero-order chi connectivity index (χ0) is 10.7. The molecule has 4 heteroatoms. The van der Waals surface area contributed by atoms with Crippen molar-refractivity contribution in [1.29, 1.82) is 0 Å². The molecule has 0 aromatic heterocycles. The van der Waals surface area contributed by atoms with E-state index in [-0.39, 0.29) is 5.69 Å². The molecule has 0 aliphatic rings. The molecule has 0 saturated carbocycles. The number of halogens is 3. The molecule has 0 radical (unpaired) electrons. The molecular weight excluding hydrogens is 191 g/mol. The van der Waals surface area contributed by atoms with Crippen LogP contribution in [-0.4, -0.2) is 6.54 Å². The topological polar surface area (TPSA) is 12.0 Å². The van der Waals surface area contributed by atoms with E-state index in [1.807, 2.05) is 13.8 Å². The molecule has 0 aliphatic carbocycles. The first kappa shape index (κ1) is 10.9. The van der Waals surface area contributed by atoms with Gasteiger partial charge in [-0.3, -0.25) is 0 Å². The standard InChI is InChI=1S/C10H12F3N/c1-6(2)5-14-8-4-3-7(11)9(12)10(8)13/h3-4,6,14H,5H2,1-2H3. The Labute approximate surface area is 80.9 Å². The van der Waals surface area contributed by atoms with Gasteiger partial charge in [-0.05, 0) is 18.1 Å². The minimum absolute atomic E-state index is 0.00222. The Morgan fingerprint density at radius 1 is 1.14 bits per heavy atom. The van der Waals surface area contributed by atoms with Crippen LogP contribution in [0, 0.1) is 23.4 Å². The van der Waals surface area contributed by atoms with E-state index in [4.69, 9.17) is 0 Å². The van der Waals surface area contributed by atoms with Crippen molar-refractivity contribution in [2.45, 2.75) is 13.8 Å². The summed E-state index contributed by atoms with van der Waals surface area (Å²) in [7, 11) is 0. The summed E-state index contributed by atoms with van der Waals surface area (Å²) in [6.07, 6.45) is 0. The van der Waals surface area contributed by atoms with Crippen LogP contribution in [0.3, 0.4) is 0 Å². The zero-order valence-corrected chi connectivity index (χ0v) is 8.07. The molecule has 0 aliphatic heterocycles. The minimum atomic E-state index is -1.43. The summed E-state index contributed by atoms with van der Waals surface area (Å²) < 4.78 is 38.3. The maximum atomic E-state index is 13.0. The smallest absolute Gasteiger partial charge is 0.196 e. The Hall–Kier alpha value is -1.19. The average Bonchev–Trinajstić information content (AvgIpc) is 2.13. The molecule has 0 amide bonds. The second kappa shape index (κ2) is 4.35. The van der Waals surface area contributed by atoms with Crippen molar-refractivity contribution >= 4 is 5.69 Å². The Kier molecular flexibility index (Phi) is 3.38. The van der Waals surface area contributed by atoms with Crippen molar-refractivity contribution in [2.24, 2.45) is 5.92 Å². The molecule has 1 aromatic carbocycles. The third-order valence-corrected chi connectivity index (χ3v) is 1.74. The first-order valence-corrected chi connectivity index (χ1v) is 4.39. The van der Waals surface area contributed by atoms with Gasteiger partial charge in [0.1, 0.15) is 0 Å². The Bertz CT molecular complexity index is 323. The molecule has 14 heavy (non-hydrogen) atoms. The van der Waals surface area contributed by atoms with Gasteiger partial charge in [-0.15, -0.1) is 0 Å². The molecule has 0 heterocycles. The fraction of sp³-hybridized carbons (Fsp3) is 0.400. The molecule has 0 spiro atoms. The summed E-state index contributed by atoms with van der Waals surface area (Å²) in [6, 6.07) is 2.09. The molecule has 78 valence electrons. The summed E-state index contributed by atoms with van der Waals surface area (Å²) in [4.78, 5) is 0. The van der Waals surface area contributed by atoms with Crippen molar-refractivity contribution in [1.82, 2.24) is 0 Å². The number of hydrogen-bond acceptors (Lipinski definition) is 1. The number of nitrogens with one attached hydrogen (secondary N) is 1. The fourth-order valence-electron chi connectivity index (χ4n) is 0.977. The predicted octanol–water partition coefficient (Wildman–Crippen LogP) is 3.17. The van der Waals surface area contributed by atoms with Gasteiger partial charge in [0, 0.05) is 6.54 Å². The third kappa shape index (κ3) is 2.40.